The number of benzene rings is 2. The molecule has 0 aromatic heterocycles. The van der Waals surface area contributed by atoms with Crippen LogP contribution in [0, 0.1) is 0 Å². The van der Waals surface area contributed by atoms with Crippen LogP contribution in [0.5, 0.6) is 23.0 Å². The number of primary amides is 1. The highest BCUT2D eigenvalue weighted by Crippen LogP contribution is 2.31. The predicted octanol–water partition coefficient (Wildman–Crippen LogP) is 3.40. The molecule has 31 heavy (non-hydrogen) atoms. The summed E-state index contributed by atoms with van der Waals surface area (Å²) in [6.07, 6.45) is 5.08. The molecular weight excluding hydrogens is 400 g/mol. The molecule has 0 aliphatic carbocycles. The van der Waals surface area contributed by atoms with E-state index in [1.807, 2.05) is 12.1 Å². The van der Waals surface area contributed by atoms with Gasteiger partial charge in [0.25, 0.3) is 5.91 Å². The Morgan fingerprint density at radius 3 is 2.39 bits per heavy atom. The molecule has 0 spiro atoms. The molecule has 8 nitrogen and oxygen atoms in total. The van der Waals surface area contributed by atoms with Gasteiger partial charge in [-0.15, -0.1) is 0 Å². The molecule has 0 radical (unpaired) electrons. The van der Waals surface area contributed by atoms with Crippen molar-refractivity contribution in [2.24, 2.45) is 5.73 Å². The molecule has 0 aliphatic heterocycles. The number of nitrogens with one attached hydrogen (secondary N) is 1. The van der Waals surface area contributed by atoms with Gasteiger partial charge in [0, 0.05) is 17.8 Å². The lowest BCUT2D eigenvalue weighted by molar-refractivity contribution is -0.120. The second kappa shape index (κ2) is 12.1. The van der Waals surface area contributed by atoms with Crippen LogP contribution in [0.25, 0.3) is 6.08 Å². The Hall–Kier alpha value is -3.68. The summed E-state index contributed by atoms with van der Waals surface area (Å²) >= 11 is 0. The van der Waals surface area contributed by atoms with E-state index in [9.17, 15) is 9.59 Å². The van der Waals surface area contributed by atoms with Crippen molar-refractivity contribution in [3.8, 4) is 23.0 Å². The Balaban J connectivity index is 2.04. The number of carbonyl (C=O) groups excluding carboxylic acids is 2. The number of methoxy groups -OCH3 is 2. The fraction of sp³-hybridized carbons (Fsp3) is 0.304. The minimum Gasteiger partial charge on any atom is -0.493 e. The van der Waals surface area contributed by atoms with E-state index in [0.29, 0.717) is 35.3 Å². The van der Waals surface area contributed by atoms with Crippen LogP contribution in [0.2, 0.25) is 0 Å². The first-order valence-electron chi connectivity index (χ1n) is 9.85. The van der Waals surface area contributed by atoms with Crippen LogP contribution < -0.4 is 30.0 Å². The summed E-state index contributed by atoms with van der Waals surface area (Å²) < 4.78 is 21.6. The predicted molar refractivity (Wildman–Crippen MR) is 119 cm³/mol. The number of unbranched alkanes of at least 4 members (excludes halogenated alkanes) is 1. The first-order chi connectivity index (χ1) is 15.0. The minimum atomic E-state index is -0.614. The molecule has 2 aromatic rings. The first kappa shape index (κ1) is 23.6. The average molecular weight is 428 g/mol. The van der Waals surface area contributed by atoms with E-state index in [4.69, 9.17) is 24.7 Å². The lowest BCUT2D eigenvalue weighted by atomic mass is 10.2. The summed E-state index contributed by atoms with van der Waals surface area (Å²) in [5, 5.41) is 2.73. The molecular formula is C23H28N2O6. The number of hydrogen-bond donors (Lipinski definition) is 2. The molecule has 0 aliphatic rings. The molecule has 0 saturated heterocycles. The summed E-state index contributed by atoms with van der Waals surface area (Å²) in [5.74, 6) is 1.03. The van der Waals surface area contributed by atoms with Crippen molar-refractivity contribution in [2.45, 2.75) is 19.8 Å². The van der Waals surface area contributed by atoms with Crippen LogP contribution in [-0.2, 0) is 9.59 Å². The Morgan fingerprint density at radius 1 is 0.968 bits per heavy atom. The molecule has 0 saturated carbocycles. The third-order valence-electron chi connectivity index (χ3n) is 4.17. The standard InChI is InChI=1S/C23H28N2O6/c1-4-5-12-30-19-9-6-16(13-20(19)29-3)7-11-23(27)25-17-8-10-18(28-2)21(14-17)31-15-22(24)26/h6-11,13-14H,4-5,12,15H2,1-3H3,(H2,24,26)(H,25,27). The lowest BCUT2D eigenvalue weighted by Gasteiger charge is -2.11. The number of carbonyl (C=O) groups is 2. The van der Waals surface area contributed by atoms with Crippen LogP contribution in [0.1, 0.15) is 25.3 Å². The molecule has 0 atom stereocenters. The topological polar surface area (TPSA) is 109 Å². The highest BCUT2D eigenvalue weighted by atomic mass is 16.5. The third-order valence-corrected chi connectivity index (χ3v) is 4.17. The van der Waals surface area contributed by atoms with E-state index < -0.39 is 5.91 Å². The van der Waals surface area contributed by atoms with E-state index in [1.165, 1.54) is 13.2 Å². The maximum absolute atomic E-state index is 12.3. The van der Waals surface area contributed by atoms with Crippen LogP contribution in [-0.4, -0.2) is 39.2 Å². The molecule has 2 aromatic carbocycles. The lowest BCUT2D eigenvalue weighted by Crippen LogP contribution is -2.20. The number of anilines is 1. The Bertz CT molecular complexity index is 926. The van der Waals surface area contributed by atoms with Gasteiger partial charge >= 0.3 is 0 Å². The van der Waals surface area contributed by atoms with E-state index >= 15 is 0 Å². The van der Waals surface area contributed by atoms with Crippen molar-refractivity contribution in [3.63, 3.8) is 0 Å². The molecule has 0 bridgehead atoms. The van der Waals surface area contributed by atoms with Gasteiger partial charge < -0.3 is 30.0 Å². The van der Waals surface area contributed by atoms with Gasteiger partial charge in [0.15, 0.2) is 29.6 Å². The molecule has 2 rings (SSSR count). The minimum absolute atomic E-state index is 0.298. The summed E-state index contributed by atoms with van der Waals surface area (Å²) in [6, 6.07) is 10.3. The van der Waals surface area contributed by atoms with Gasteiger partial charge in [-0.25, -0.2) is 0 Å². The summed E-state index contributed by atoms with van der Waals surface area (Å²) in [7, 11) is 3.05. The van der Waals surface area contributed by atoms with E-state index in [1.54, 1.807) is 37.5 Å². The molecule has 0 unspecified atom stereocenters. The molecule has 0 heterocycles. The van der Waals surface area contributed by atoms with Gasteiger partial charge in [0.05, 0.1) is 20.8 Å². The summed E-state index contributed by atoms with van der Waals surface area (Å²) in [5.41, 5.74) is 6.37. The zero-order chi connectivity index (χ0) is 22.6. The molecule has 166 valence electrons. The fourth-order valence-electron chi connectivity index (χ4n) is 2.61. The van der Waals surface area contributed by atoms with Gasteiger partial charge in [-0.05, 0) is 42.3 Å². The van der Waals surface area contributed by atoms with Crippen LogP contribution in [0.4, 0.5) is 5.69 Å². The second-order valence-corrected chi connectivity index (χ2v) is 6.56. The number of hydrogen-bond acceptors (Lipinski definition) is 6. The van der Waals surface area contributed by atoms with Crippen molar-refractivity contribution in [1.29, 1.82) is 0 Å². The van der Waals surface area contributed by atoms with Crippen molar-refractivity contribution >= 4 is 23.6 Å². The van der Waals surface area contributed by atoms with E-state index in [-0.39, 0.29) is 12.5 Å². The fourth-order valence-corrected chi connectivity index (χ4v) is 2.61. The van der Waals surface area contributed by atoms with Crippen molar-refractivity contribution in [3.05, 3.63) is 48.0 Å². The monoisotopic (exact) mass is 428 g/mol. The Morgan fingerprint density at radius 2 is 1.71 bits per heavy atom. The maximum atomic E-state index is 12.3. The molecule has 8 heteroatoms. The maximum Gasteiger partial charge on any atom is 0.255 e. The zero-order valence-corrected chi connectivity index (χ0v) is 18.0. The second-order valence-electron chi connectivity index (χ2n) is 6.56. The van der Waals surface area contributed by atoms with Gasteiger partial charge in [-0.1, -0.05) is 19.4 Å². The number of rotatable bonds is 12. The zero-order valence-electron chi connectivity index (χ0n) is 18.0. The molecule has 3 N–H and O–H groups in total. The number of ether oxygens (including phenoxy) is 4. The molecule has 2 amide bonds. The average Bonchev–Trinajstić information content (AvgIpc) is 2.77. The first-order valence-corrected chi connectivity index (χ1v) is 9.85. The third kappa shape index (κ3) is 7.58. The van der Waals surface area contributed by atoms with Gasteiger partial charge in [-0.3, -0.25) is 9.59 Å². The van der Waals surface area contributed by atoms with E-state index in [2.05, 4.69) is 12.2 Å². The SMILES string of the molecule is CCCCOc1ccc(C=CC(=O)Nc2ccc(OC)c(OCC(N)=O)c2)cc1OC. The highest BCUT2D eigenvalue weighted by Gasteiger charge is 2.09. The van der Waals surface area contributed by atoms with Gasteiger partial charge in [-0.2, -0.15) is 0 Å². The molecule has 0 fully saturated rings. The van der Waals surface area contributed by atoms with Crippen LogP contribution >= 0.6 is 0 Å². The Labute approximate surface area is 181 Å². The quantitative estimate of drug-likeness (QED) is 0.396. The van der Waals surface area contributed by atoms with Crippen LogP contribution in [0.3, 0.4) is 0 Å². The van der Waals surface area contributed by atoms with Crippen molar-refractivity contribution in [1.82, 2.24) is 0 Å². The van der Waals surface area contributed by atoms with Crippen molar-refractivity contribution < 1.29 is 28.5 Å². The number of nitrogens with two attached hydrogens (primary N) is 1. The summed E-state index contributed by atoms with van der Waals surface area (Å²) in [6.45, 7) is 2.42. The summed E-state index contributed by atoms with van der Waals surface area (Å²) in [4.78, 5) is 23.3. The van der Waals surface area contributed by atoms with Gasteiger partial charge in [0.1, 0.15) is 0 Å². The largest absolute Gasteiger partial charge is 0.493 e. The van der Waals surface area contributed by atoms with Gasteiger partial charge in [0.2, 0.25) is 5.91 Å². The van der Waals surface area contributed by atoms with E-state index in [0.717, 1.165) is 18.4 Å². The van der Waals surface area contributed by atoms with Crippen LogP contribution in [0.15, 0.2) is 42.5 Å². The smallest absolute Gasteiger partial charge is 0.255 e. The normalized spacial score (nSPS) is 10.5. The Kier molecular flexibility index (Phi) is 9.22. The van der Waals surface area contributed by atoms with Crippen molar-refractivity contribution in [2.75, 3.05) is 32.8 Å². The number of amides is 2. The highest BCUT2D eigenvalue weighted by molar-refractivity contribution is 6.02.